The molecule has 1 saturated heterocycles. The number of nitrogens with zero attached hydrogens (tertiary/aromatic N) is 3. The molecule has 1 aliphatic rings. The van der Waals surface area contributed by atoms with Crippen LogP contribution < -0.4 is 4.90 Å². The quantitative estimate of drug-likeness (QED) is 0.783. The normalized spacial score (nSPS) is 17.9. The van der Waals surface area contributed by atoms with Gasteiger partial charge in [-0.25, -0.2) is 0 Å². The SMILES string of the molecule is CC[N+]1(CC)CCN(c2ccc(-n3cccc3)cc2)CC1. The predicted molar refractivity (Wildman–Crippen MR) is 89.1 cm³/mol. The lowest BCUT2D eigenvalue weighted by atomic mass is 10.2. The molecule has 1 aliphatic heterocycles. The van der Waals surface area contributed by atoms with Gasteiger partial charge in [-0.2, -0.15) is 0 Å². The van der Waals surface area contributed by atoms with E-state index in [0.29, 0.717) is 0 Å². The van der Waals surface area contributed by atoms with Crippen LogP contribution in [-0.2, 0) is 0 Å². The van der Waals surface area contributed by atoms with Gasteiger partial charge in [0.1, 0.15) is 0 Å². The van der Waals surface area contributed by atoms with Crippen LogP contribution in [0.25, 0.3) is 5.69 Å². The van der Waals surface area contributed by atoms with Crippen LogP contribution in [0.15, 0.2) is 48.8 Å². The molecule has 112 valence electrons. The standard InChI is InChI=1S/C18H26N3/c1-3-21(4-2)15-13-20(14-16-21)18-9-7-17(8-10-18)19-11-5-6-12-19/h5-12H,3-4,13-16H2,1-2H3/q+1. The summed E-state index contributed by atoms with van der Waals surface area (Å²) in [4.78, 5) is 2.53. The second-order valence-electron chi connectivity index (χ2n) is 6.02. The van der Waals surface area contributed by atoms with Crippen molar-refractivity contribution < 1.29 is 4.48 Å². The maximum absolute atomic E-state index is 2.53. The van der Waals surface area contributed by atoms with E-state index in [4.69, 9.17) is 0 Å². The Bertz CT molecular complexity index is 543. The Labute approximate surface area is 128 Å². The number of anilines is 1. The molecule has 0 aliphatic carbocycles. The monoisotopic (exact) mass is 284 g/mol. The maximum Gasteiger partial charge on any atom is 0.0965 e. The van der Waals surface area contributed by atoms with Gasteiger partial charge in [0.05, 0.1) is 39.3 Å². The molecule has 3 nitrogen and oxygen atoms in total. The van der Waals surface area contributed by atoms with Crippen molar-refractivity contribution in [1.82, 2.24) is 4.57 Å². The average Bonchev–Trinajstić information content (AvgIpc) is 3.10. The summed E-state index contributed by atoms with van der Waals surface area (Å²) in [7, 11) is 0. The first-order chi connectivity index (χ1) is 10.3. The van der Waals surface area contributed by atoms with Gasteiger partial charge in [0.2, 0.25) is 0 Å². The minimum absolute atomic E-state index is 1.17. The molecule has 0 radical (unpaired) electrons. The maximum atomic E-state index is 2.53. The van der Waals surface area contributed by atoms with Crippen LogP contribution in [0.2, 0.25) is 0 Å². The smallest absolute Gasteiger partial charge is 0.0965 e. The second-order valence-corrected chi connectivity index (χ2v) is 6.02. The molecular formula is C18H26N3+. The lowest BCUT2D eigenvalue weighted by Crippen LogP contribution is -2.59. The molecule has 3 heteroatoms. The molecule has 0 atom stereocenters. The molecule has 1 fully saturated rings. The summed E-state index contributed by atoms with van der Waals surface area (Å²) in [6.45, 7) is 12.1. The number of hydrogen-bond acceptors (Lipinski definition) is 1. The van der Waals surface area contributed by atoms with Gasteiger partial charge in [0, 0.05) is 23.8 Å². The number of benzene rings is 1. The highest BCUT2D eigenvalue weighted by atomic mass is 15.4. The first-order valence-electron chi connectivity index (χ1n) is 8.10. The fraction of sp³-hybridized carbons (Fsp3) is 0.444. The van der Waals surface area contributed by atoms with Crippen molar-refractivity contribution in [1.29, 1.82) is 0 Å². The molecule has 3 rings (SSSR count). The van der Waals surface area contributed by atoms with E-state index < -0.39 is 0 Å². The van der Waals surface area contributed by atoms with Gasteiger partial charge in [0.15, 0.2) is 0 Å². The highest BCUT2D eigenvalue weighted by Crippen LogP contribution is 2.21. The molecule has 1 aromatic carbocycles. The van der Waals surface area contributed by atoms with E-state index in [9.17, 15) is 0 Å². The Kier molecular flexibility index (Phi) is 4.02. The van der Waals surface area contributed by atoms with Gasteiger partial charge in [-0.05, 0) is 50.2 Å². The molecule has 2 aromatic rings. The number of hydrogen-bond donors (Lipinski definition) is 0. The van der Waals surface area contributed by atoms with Crippen molar-refractivity contribution in [3.8, 4) is 5.69 Å². The van der Waals surface area contributed by atoms with Crippen LogP contribution in [0.5, 0.6) is 0 Å². The zero-order valence-electron chi connectivity index (χ0n) is 13.2. The Morgan fingerprint density at radius 1 is 0.857 bits per heavy atom. The summed E-state index contributed by atoms with van der Waals surface area (Å²) in [5.74, 6) is 0. The van der Waals surface area contributed by atoms with E-state index in [2.05, 4.69) is 72.1 Å². The summed E-state index contributed by atoms with van der Waals surface area (Å²) in [6, 6.07) is 13.1. The summed E-state index contributed by atoms with van der Waals surface area (Å²) < 4.78 is 3.42. The second kappa shape index (κ2) is 5.94. The number of rotatable bonds is 4. The fourth-order valence-corrected chi connectivity index (χ4v) is 3.35. The molecule has 0 spiro atoms. The van der Waals surface area contributed by atoms with Crippen LogP contribution in [0.4, 0.5) is 5.69 Å². The van der Waals surface area contributed by atoms with Crippen molar-refractivity contribution in [2.24, 2.45) is 0 Å². The first kappa shape index (κ1) is 14.2. The van der Waals surface area contributed by atoms with Crippen LogP contribution in [0, 0.1) is 0 Å². The molecule has 21 heavy (non-hydrogen) atoms. The van der Waals surface area contributed by atoms with Gasteiger partial charge in [-0.3, -0.25) is 0 Å². The summed E-state index contributed by atoms with van der Waals surface area (Å²) in [6.07, 6.45) is 4.18. The lowest BCUT2D eigenvalue weighted by Gasteiger charge is -2.44. The number of piperazine rings is 1. The minimum Gasteiger partial charge on any atom is -0.360 e. The first-order valence-corrected chi connectivity index (χ1v) is 8.10. The highest BCUT2D eigenvalue weighted by molar-refractivity contribution is 5.51. The zero-order valence-corrected chi connectivity index (χ0v) is 13.2. The Hall–Kier alpha value is -1.74. The van der Waals surface area contributed by atoms with Crippen molar-refractivity contribution in [3.05, 3.63) is 48.8 Å². The van der Waals surface area contributed by atoms with Crippen molar-refractivity contribution >= 4 is 5.69 Å². The van der Waals surface area contributed by atoms with Crippen LogP contribution >= 0.6 is 0 Å². The van der Waals surface area contributed by atoms with Gasteiger partial charge in [-0.1, -0.05) is 0 Å². The van der Waals surface area contributed by atoms with E-state index >= 15 is 0 Å². The fourth-order valence-electron chi connectivity index (χ4n) is 3.35. The molecule has 2 heterocycles. The van der Waals surface area contributed by atoms with Gasteiger partial charge >= 0.3 is 0 Å². The Morgan fingerprint density at radius 2 is 1.38 bits per heavy atom. The number of quaternary nitrogens is 1. The molecule has 0 saturated carbocycles. The molecule has 0 amide bonds. The van der Waals surface area contributed by atoms with Gasteiger partial charge in [-0.15, -0.1) is 0 Å². The zero-order chi connectivity index (χ0) is 14.7. The topological polar surface area (TPSA) is 8.17 Å². The molecule has 0 N–H and O–H groups in total. The predicted octanol–water partition coefficient (Wildman–Crippen LogP) is 3.15. The van der Waals surface area contributed by atoms with Crippen LogP contribution in [0.1, 0.15) is 13.8 Å². The molecule has 0 bridgehead atoms. The van der Waals surface area contributed by atoms with Gasteiger partial charge in [0.25, 0.3) is 0 Å². The average molecular weight is 284 g/mol. The lowest BCUT2D eigenvalue weighted by molar-refractivity contribution is -0.925. The summed E-state index contributed by atoms with van der Waals surface area (Å²) in [5, 5.41) is 0. The Balaban J connectivity index is 1.69. The van der Waals surface area contributed by atoms with E-state index in [1.165, 1.54) is 55.1 Å². The molecule has 1 aromatic heterocycles. The minimum atomic E-state index is 1.17. The van der Waals surface area contributed by atoms with Gasteiger partial charge < -0.3 is 14.0 Å². The highest BCUT2D eigenvalue weighted by Gasteiger charge is 2.29. The van der Waals surface area contributed by atoms with Crippen molar-refractivity contribution in [3.63, 3.8) is 0 Å². The van der Waals surface area contributed by atoms with E-state index in [1.54, 1.807) is 0 Å². The van der Waals surface area contributed by atoms with Crippen LogP contribution in [-0.4, -0.2) is 48.3 Å². The third-order valence-corrected chi connectivity index (χ3v) is 5.15. The van der Waals surface area contributed by atoms with Crippen LogP contribution in [0.3, 0.4) is 0 Å². The third-order valence-electron chi connectivity index (χ3n) is 5.15. The largest absolute Gasteiger partial charge is 0.360 e. The van der Waals surface area contributed by atoms with Crippen molar-refractivity contribution in [2.75, 3.05) is 44.2 Å². The summed E-state index contributed by atoms with van der Waals surface area (Å²) >= 11 is 0. The third kappa shape index (κ3) is 2.84. The number of likely N-dealkylation sites (N-methyl/N-ethyl adjacent to an activating group) is 1. The number of aromatic nitrogens is 1. The van der Waals surface area contributed by atoms with E-state index in [-0.39, 0.29) is 0 Å². The summed E-state index contributed by atoms with van der Waals surface area (Å²) in [5.41, 5.74) is 2.59. The molecule has 0 unspecified atom stereocenters. The van der Waals surface area contributed by atoms with E-state index in [0.717, 1.165) is 0 Å². The van der Waals surface area contributed by atoms with Crippen molar-refractivity contribution in [2.45, 2.75) is 13.8 Å². The Morgan fingerprint density at radius 3 is 1.90 bits per heavy atom. The van der Waals surface area contributed by atoms with E-state index in [1.807, 2.05) is 0 Å². The molecular weight excluding hydrogens is 258 g/mol.